The number of hydrogen-bond donors (Lipinski definition) is 1. The van der Waals surface area contributed by atoms with E-state index >= 15 is 0 Å². The number of nitrogens with zero attached hydrogens (tertiary/aromatic N) is 1. The fraction of sp³-hybridized carbons (Fsp3) is 0.643. The summed E-state index contributed by atoms with van der Waals surface area (Å²) in [6, 6.07) is 2.81. The fourth-order valence-electron chi connectivity index (χ4n) is 5.41. The highest BCUT2D eigenvalue weighted by molar-refractivity contribution is 5.89. The molecular formula is C28H41NO6. The summed E-state index contributed by atoms with van der Waals surface area (Å²) in [5.74, 6) is -0.167. The molecule has 1 N–H and O–H groups in total. The normalized spacial score (nSPS) is 21.5. The van der Waals surface area contributed by atoms with Crippen molar-refractivity contribution in [1.29, 1.82) is 0 Å². The smallest absolute Gasteiger partial charge is 0.329 e. The Kier molecular flexibility index (Phi) is 9.47. The van der Waals surface area contributed by atoms with Gasteiger partial charge in [-0.2, -0.15) is 0 Å². The molecule has 1 amide bonds. The van der Waals surface area contributed by atoms with Crippen molar-refractivity contribution in [3.05, 3.63) is 30.4 Å². The van der Waals surface area contributed by atoms with Crippen LogP contribution >= 0.6 is 0 Å². The highest BCUT2D eigenvalue weighted by atomic mass is 16.5. The molecule has 0 radical (unpaired) electrons. The number of piperidine rings is 1. The third-order valence-electron chi connectivity index (χ3n) is 7.70. The zero-order valence-corrected chi connectivity index (χ0v) is 21.6. The van der Waals surface area contributed by atoms with Crippen molar-refractivity contribution in [2.24, 2.45) is 11.8 Å². The number of phenolic OH excluding ortho intramolecular Hbond substituents is 1. The largest absolute Gasteiger partial charge is 0.504 e. The molecule has 1 aromatic rings. The molecule has 2 aliphatic rings. The molecule has 3 rings (SSSR count). The van der Waals surface area contributed by atoms with E-state index in [1.807, 2.05) is 13.8 Å². The molecule has 0 bridgehead atoms. The Morgan fingerprint density at radius 2 is 1.74 bits per heavy atom. The first kappa shape index (κ1) is 26.9. The van der Waals surface area contributed by atoms with Crippen molar-refractivity contribution in [3.63, 3.8) is 0 Å². The number of amides is 1. The quantitative estimate of drug-likeness (QED) is 0.380. The summed E-state index contributed by atoms with van der Waals surface area (Å²) in [7, 11) is 2.99. The van der Waals surface area contributed by atoms with E-state index in [0.29, 0.717) is 24.3 Å². The van der Waals surface area contributed by atoms with Crippen molar-refractivity contribution >= 4 is 11.9 Å². The van der Waals surface area contributed by atoms with Gasteiger partial charge in [0.1, 0.15) is 12.1 Å². The van der Waals surface area contributed by atoms with Gasteiger partial charge in [-0.25, -0.2) is 4.79 Å². The predicted molar refractivity (Wildman–Crippen MR) is 135 cm³/mol. The number of rotatable bonds is 9. The number of likely N-dealkylation sites (tertiary alicyclic amines) is 1. The number of methoxy groups -OCH3 is 2. The SMILES string of the molecule is C=C[C@@H](C)[C@@H](C)OC(=O)[C@@H]1CCCCN1C(=O)[C@H](c1cc(O)c(OC)c(OC)c1)C1CCCCC1. The third-order valence-corrected chi connectivity index (χ3v) is 7.70. The van der Waals surface area contributed by atoms with Crippen LogP contribution < -0.4 is 9.47 Å². The molecule has 7 heteroatoms. The highest BCUT2D eigenvalue weighted by Crippen LogP contribution is 2.44. The first-order valence-corrected chi connectivity index (χ1v) is 12.9. The molecule has 1 saturated heterocycles. The summed E-state index contributed by atoms with van der Waals surface area (Å²) >= 11 is 0. The van der Waals surface area contributed by atoms with Gasteiger partial charge in [0.05, 0.1) is 20.1 Å². The first-order chi connectivity index (χ1) is 16.8. The minimum absolute atomic E-state index is 0.0245. The standard InChI is InChI=1S/C28H41NO6/c1-6-18(2)19(3)35-28(32)22-14-10-11-15-29(22)27(31)25(20-12-8-7-9-13-20)21-16-23(30)26(34-5)24(17-21)33-4/h6,16-20,22,25,30H,1,7-15H2,2-5H3/t18-,19-,22+,25+/m1/s1. The number of hydrogen-bond acceptors (Lipinski definition) is 6. The average Bonchev–Trinajstić information content (AvgIpc) is 2.88. The van der Waals surface area contributed by atoms with E-state index in [1.54, 1.807) is 23.1 Å². The Balaban J connectivity index is 1.95. The van der Waals surface area contributed by atoms with E-state index in [9.17, 15) is 14.7 Å². The van der Waals surface area contributed by atoms with Gasteiger partial charge in [-0.1, -0.05) is 32.3 Å². The molecule has 0 spiro atoms. The first-order valence-electron chi connectivity index (χ1n) is 12.9. The molecule has 7 nitrogen and oxygen atoms in total. The molecule has 4 atom stereocenters. The van der Waals surface area contributed by atoms with E-state index in [-0.39, 0.29) is 41.3 Å². The summed E-state index contributed by atoms with van der Waals surface area (Å²) in [5.41, 5.74) is 0.698. The monoisotopic (exact) mass is 487 g/mol. The Hall–Kier alpha value is -2.70. The molecule has 1 aliphatic heterocycles. The van der Waals surface area contributed by atoms with Gasteiger partial charge in [-0.3, -0.25) is 4.79 Å². The molecular weight excluding hydrogens is 446 g/mol. The number of ether oxygens (including phenoxy) is 3. The van der Waals surface area contributed by atoms with Crippen LogP contribution in [-0.2, 0) is 14.3 Å². The molecule has 194 valence electrons. The average molecular weight is 488 g/mol. The number of benzene rings is 1. The fourth-order valence-corrected chi connectivity index (χ4v) is 5.41. The number of carbonyl (C=O) groups is 2. The van der Waals surface area contributed by atoms with E-state index < -0.39 is 12.0 Å². The summed E-state index contributed by atoms with van der Waals surface area (Å²) < 4.78 is 16.5. The van der Waals surface area contributed by atoms with Crippen LogP contribution in [0.1, 0.15) is 76.7 Å². The second kappa shape index (κ2) is 12.3. The van der Waals surface area contributed by atoms with Crippen LogP contribution in [-0.4, -0.2) is 54.8 Å². The van der Waals surface area contributed by atoms with Crippen molar-refractivity contribution in [2.45, 2.75) is 83.3 Å². The number of phenols is 1. The van der Waals surface area contributed by atoms with Crippen molar-refractivity contribution in [1.82, 2.24) is 4.90 Å². The van der Waals surface area contributed by atoms with Gasteiger partial charge in [-0.05, 0) is 62.6 Å². The van der Waals surface area contributed by atoms with Crippen molar-refractivity contribution in [3.8, 4) is 17.2 Å². The van der Waals surface area contributed by atoms with E-state index in [1.165, 1.54) is 14.2 Å². The van der Waals surface area contributed by atoms with E-state index in [0.717, 1.165) is 44.9 Å². The Labute approximate surface area is 209 Å². The van der Waals surface area contributed by atoms with Crippen LogP contribution in [0.2, 0.25) is 0 Å². The Morgan fingerprint density at radius 3 is 2.37 bits per heavy atom. The maximum Gasteiger partial charge on any atom is 0.329 e. The summed E-state index contributed by atoms with van der Waals surface area (Å²) in [6.07, 6.45) is 8.93. The lowest BCUT2D eigenvalue weighted by atomic mass is 9.75. The van der Waals surface area contributed by atoms with Crippen molar-refractivity contribution < 1.29 is 28.9 Å². The van der Waals surface area contributed by atoms with Gasteiger partial charge in [0.15, 0.2) is 11.5 Å². The zero-order valence-electron chi connectivity index (χ0n) is 21.6. The molecule has 1 aromatic carbocycles. The van der Waals surface area contributed by atoms with Crippen LogP contribution in [0.25, 0.3) is 0 Å². The predicted octanol–water partition coefficient (Wildman–Crippen LogP) is 5.21. The lowest BCUT2D eigenvalue weighted by molar-refractivity contribution is -0.163. The van der Waals surface area contributed by atoms with E-state index in [4.69, 9.17) is 14.2 Å². The van der Waals surface area contributed by atoms with Crippen LogP contribution in [0.5, 0.6) is 17.2 Å². The maximum atomic E-state index is 14.2. The molecule has 0 unspecified atom stereocenters. The lowest BCUT2D eigenvalue weighted by Crippen LogP contribution is -2.51. The molecule has 1 heterocycles. The van der Waals surface area contributed by atoms with Gasteiger partial charge in [0, 0.05) is 12.5 Å². The summed E-state index contributed by atoms with van der Waals surface area (Å²) in [5, 5.41) is 10.6. The Bertz CT molecular complexity index is 894. The number of aromatic hydroxyl groups is 1. The van der Waals surface area contributed by atoms with Crippen molar-refractivity contribution in [2.75, 3.05) is 20.8 Å². The van der Waals surface area contributed by atoms with Gasteiger partial charge in [0.25, 0.3) is 0 Å². The van der Waals surface area contributed by atoms with Crippen LogP contribution in [0.3, 0.4) is 0 Å². The molecule has 35 heavy (non-hydrogen) atoms. The maximum absolute atomic E-state index is 14.2. The summed E-state index contributed by atoms with van der Waals surface area (Å²) in [6.45, 7) is 8.12. The second-order valence-corrected chi connectivity index (χ2v) is 9.93. The molecule has 0 aromatic heterocycles. The van der Waals surface area contributed by atoms with Gasteiger partial charge in [0.2, 0.25) is 11.7 Å². The lowest BCUT2D eigenvalue weighted by Gasteiger charge is -2.39. The third kappa shape index (κ3) is 6.11. The van der Waals surface area contributed by atoms with Gasteiger partial charge in [-0.15, -0.1) is 6.58 Å². The Morgan fingerprint density at radius 1 is 1.06 bits per heavy atom. The van der Waals surface area contributed by atoms with Crippen LogP contribution in [0, 0.1) is 11.8 Å². The van der Waals surface area contributed by atoms with E-state index in [2.05, 4.69) is 6.58 Å². The summed E-state index contributed by atoms with van der Waals surface area (Å²) in [4.78, 5) is 29.1. The van der Waals surface area contributed by atoms with Crippen LogP contribution in [0.4, 0.5) is 0 Å². The topological polar surface area (TPSA) is 85.3 Å². The molecule has 1 aliphatic carbocycles. The molecule has 2 fully saturated rings. The minimum Gasteiger partial charge on any atom is -0.504 e. The van der Waals surface area contributed by atoms with Crippen LogP contribution in [0.15, 0.2) is 24.8 Å². The second-order valence-electron chi connectivity index (χ2n) is 9.93. The van der Waals surface area contributed by atoms with Gasteiger partial charge < -0.3 is 24.2 Å². The number of esters is 1. The minimum atomic E-state index is -0.601. The highest BCUT2D eigenvalue weighted by Gasteiger charge is 2.41. The zero-order chi connectivity index (χ0) is 25.5. The number of carbonyl (C=O) groups excluding carboxylic acids is 2. The van der Waals surface area contributed by atoms with Gasteiger partial charge >= 0.3 is 5.97 Å². The molecule has 1 saturated carbocycles.